The lowest BCUT2D eigenvalue weighted by molar-refractivity contribution is -0.140. The highest BCUT2D eigenvalue weighted by atomic mass is 19.4. The number of rotatable bonds is 3. The number of hydrogen-bond acceptors (Lipinski definition) is 0. The van der Waals surface area contributed by atoms with Crippen LogP contribution in [0.25, 0.3) is 0 Å². The molecule has 134 valence electrons. The molecule has 0 heterocycles. The molecule has 0 aromatic heterocycles. The quantitative estimate of drug-likeness (QED) is 0.522. The summed E-state index contributed by atoms with van der Waals surface area (Å²) in [5.41, 5.74) is -0.408. The molecule has 4 unspecified atom stereocenters. The van der Waals surface area contributed by atoms with Gasteiger partial charge in [0.2, 0.25) is 0 Å². The molecule has 0 saturated heterocycles. The molecule has 1 aromatic rings. The molecule has 0 spiro atoms. The molecule has 0 bridgehead atoms. The van der Waals surface area contributed by atoms with Crippen LogP contribution in [0.1, 0.15) is 75.3 Å². The van der Waals surface area contributed by atoms with Crippen LogP contribution in [-0.4, -0.2) is 0 Å². The van der Waals surface area contributed by atoms with Crippen molar-refractivity contribution in [3.8, 4) is 0 Å². The zero-order valence-electron chi connectivity index (χ0n) is 14.2. The highest BCUT2D eigenvalue weighted by Crippen LogP contribution is 2.48. The predicted octanol–water partition coefficient (Wildman–Crippen LogP) is 6.94. The van der Waals surface area contributed by atoms with Crippen LogP contribution in [0.4, 0.5) is 17.6 Å². The van der Waals surface area contributed by atoms with Gasteiger partial charge in [0, 0.05) is 0 Å². The minimum absolute atomic E-state index is 0.214. The summed E-state index contributed by atoms with van der Waals surface area (Å²) in [6.45, 7) is 2.24. The van der Waals surface area contributed by atoms with Gasteiger partial charge < -0.3 is 0 Å². The highest BCUT2D eigenvalue weighted by Gasteiger charge is 2.37. The number of alkyl halides is 3. The van der Waals surface area contributed by atoms with Crippen molar-refractivity contribution in [2.24, 2.45) is 17.8 Å². The van der Waals surface area contributed by atoms with Crippen molar-refractivity contribution in [3.63, 3.8) is 0 Å². The molecule has 2 aliphatic carbocycles. The molecular weight excluding hydrogens is 316 g/mol. The Balaban J connectivity index is 1.67. The van der Waals surface area contributed by atoms with Crippen molar-refractivity contribution >= 4 is 0 Å². The minimum atomic E-state index is -4.61. The van der Waals surface area contributed by atoms with Crippen LogP contribution in [0.5, 0.6) is 0 Å². The maximum Gasteiger partial charge on any atom is 0.419 e. The van der Waals surface area contributed by atoms with Crippen molar-refractivity contribution < 1.29 is 17.6 Å². The molecule has 2 saturated carbocycles. The van der Waals surface area contributed by atoms with Gasteiger partial charge in [-0.15, -0.1) is 0 Å². The second-order valence-corrected chi connectivity index (χ2v) is 7.73. The number of fused-ring (bicyclic) bond motifs is 1. The van der Waals surface area contributed by atoms with Crippen molar-refractivity contribution in [2.75, 3.05) is 0 Å². The topological polar surface area (TPSA) is 0 Å². The zero-order valence-corrected chi connectivity index (χ0v) is 14.2. The Bertz CT molecular complexity index is 563. The van der Waals surface area contributed by atoms with Crippen molar-refractivity contribution in [3.05, 3.63) is 35.1 Å². The molecule has 3 rings (SSSR count). The van der Waals surface area contributed by atoms with Crippen LogP contribution in [0, 0.1) is 23.6 Å². The molecule has 2 fully saturated rings. The number of benzene rings is 1. The summed E-state index contributed by atoms with van der Waals surface area (Å²) < 4.78 is 52.0. The first-order chi connectivity index (χ1) is 11.4. The smallest absolute Gasteiger partial charge is 0.206 e. The molecule has 0 N–H and O–H groups in total. The second-order valence-electron chi connectivity index (χ2n) is 7.73. The zero-order chi connectivity index (χ0) is 17.3. The van der Waals surface area contributed by atoms with Crippen molar-refractivity contribution in [2.45, 2.75) is 70.4 Å². The molecule has 4 atom stereocenters. The summed E-state index contributed by atoms with van der Waals surface area (Å²) in [4.78, 5) is 0. The lowest BCUT2D eigenvalue weighted by atomic mass is 9.63. The van der Waals surface area contributed by atoms with E-state index in [2.05, 4.69) is 6.92 Å². The van der Waals surface area contributed by atoms with Crippen LogP contribution in [0.3, 0.4) is 0 Å². The van der Waals surface area contributed by atoms with Crippen molar-refractivity contribution in [1.29, 1.82) is 0 Å². The van der Waals surface area contributed by atoms with Gasteiger partial charge in [0.1, 0.15) is 5.82 Å². The summed E-state index contributed by atoms with van der Waals surface area (Å²) in [6, 6.07) is 3.52. The van der Waals surface area contributed by atoms with E-state index in [1.165, 1.54) is 38.2 Å². The van der Waals surface area contributed by atoms with Crippen molar-refractivity contribution in [1.82, 2.24) is 0 Å². The third-order valence-electron chi connectivity index (χ3n) is 6.19. The van der Waals surface area contributed by atoms with Crippen LogP contribution in [0.15, 0.2) is 18.2 Å². The third-order valence-corrected chi connectivity index (χ3v) is 6.19. The minimum Gasteiger partial charge on any atom is -0.206 e. The fourth-order valence-corrected chi connectivity index (χ4v) is 4.97. The van der Waals surface area contributed by atoms with Gasteiger partial charge in [0.15, 0.2) is 0 Å². The highest BCUT2D eigenvalue weighted by molar-refractivity contribution is 5.29. The van der Waals surface area contributed by atoms with Crippen LogP contribution in [0.2, 0.25) is 0 Å². The van der Waals surface area contributed by atoms with E-state index in [0.29, 0.717) is 5.92 Å². The molecule has 0 radical (unpaired) electrons. The summed E-state index contributed by atoms with van der Waals surface area (Å²) in [7, 11) is 0. The Morgan fingerprint density at radius 1 is 1.00 bits per heavy atom. The van der Waals surface area contributed by atoms with E-state index >= 15 is 0 Å². The first-order valence-electron chi connectivity index (χ1n) is 9.25. The summed E-state index contributed by atoms with van der Waals surface area (Å²) in [5.74, 6) is 1.38. The van der Waals surface area contributed by atoms with E-state index in [9.17, 15) is 17.6 Å². The maximum absolute atomic E-state index is 13.9. The molecule has 0 amide bonds. The fourth-order valence-electron chi connectivity index (χ4n) is 4.97. The van der Waals surface area contributed by atoms with Gasteiger partial charge in [0.25, 0.3) is 0 Å². The lowest BCUT2D eigenvalue weighted by Gasteiger charge is -2.42. The average Bonchev–Trinajstić information content (AvgIpc) is 2.53. The van der Waals surface area contributed by atoms with E-state index < -0.39 is 17.6 Å². The Labute approximate surface area is 141 Å². The number of hydrogen-bond donors (Lipinski definition) is 0. The summed E-state index contributed by atoms with van der Waals surface area (Å²) in [6.07, 6.45) is 4.90. The Hall–Kier alpha value is -1.06. The van der Waals surface area contributed by atoms with Gasteiger partial charge in [-0.1, -0.05) is 32.3 Å². The first kappa shape index (κ1) is 17.8. The van der Waals surface area contributed by atoms with Gasteiger partial charge >= 0.3 is 6.18 Å². The van der Waals surface area contributed by atoms with Crippen LogP contribution >= 0.6 is 0 Å². The second kappa shape index (κ2) is 7.05. The van der Waals surface area contributed by atoms with E-state index in [-0.39, 0.29) is 5.92 Å². The number of halogens is 4. The monoisotopic (exact) mass is 342 g/mol. The van der Waals surface area contributed by atoms with Gasteiger partial charge in [-0.05, 0) is 73.5 Å². The normalized spacial score (nSPS) is 30.9. The third kappa shape index (κ3) is 3.78. The molecule has 1 aromatic carbocycles. The molecule has 4 heteroatoms. The average molecular weight is 342 g/mol. The largest absolute Gasteiger partial charge is 0.419 e. The molecule has 2 aliphatic rings. The van der Waals surface area contributed by atoms with Crippen LogP contribution < -0.4 is 0 Å². The fraction of sp³-hybridized carbons (Fsp3) is 0.700. The molecule has 24 heavy (non-hydrogen) atoms. The standard InChI is InChI=1S/C20H26F4/c1-2-3-13-4-5-15-11-16(7-6-14(15)10-13)17-8-9-18(19(21)12-17)20(22,23)24/h8-9,12-16H,2-7,10-11H2,1H3. The van der Waals surface area contributed by atoms with Gasteiger partial charge in [-0.3, -0.25) is 0 Å². The van der Waals surface area contributed by atoms with Gasteiger partial charge in [0.05, 0.1) is 5.56 Å². The predicted molar refractivity (Wildman–Crippen MR) is 87.2 cm³/mol. The van der Waals surface area contributed by atoms with E-state index in [0.717, 1.165) is 48.8 Å². The Morgan fingerprint density at radius 2 is 1.71 bits per heavy atom. The van der Waals surface area contributed by atoms with Crippen LogP contribution in [-0.2, 0) is 6.18 Å². The lowest BCUT2D eigenvalue weighted by Crippen LogP contribution is -2.30. The van der Waals surface area contributed by atoms with E-state index in [1.807, 2.05) is 0 Å². The van der Waals surface area contributed by atoms with E-state index in [4.69, 9.17) is 0 Å². The summed E-state index contributed by atoms with van der Waals surface area (Å²) in [5, 5.41) is 0. The summed E-state index contributed by atoms with van der Waals surface area (Å²) >= 11 is 0. The molecule has 0 aliphatic heterocycles. The maximum atomic E-state index is 13.9. The Kier molecular flexibility index (Phi) is 5.22. The Morgan fingerprint density at radius 3 is 2.38 bits per heavy atom. The first-order valence-corrected chi connectivity index (χ1v) is 9.25. The van der Waals surface area contributed by atoms with Gasteiger partial charge in [-0.25, -0.2) is 4.39 Å². The molecular formula is C20H26F4. The van der Waals surface area contributed by atoms with Gasteiger partial charge in [-0.2, -0.15) is 13.2 Å². The SMILES string of the molecule is CCCC1CCC2CC(c3ccc(C(F)(F)F)c(F)c3)CCC2C1. The van der Waals surface area contributed by atoms with E-state index in [1.54, 1.807) is 0 Å². The molecule has 0 nitrogen and oxygen atoms in total.